The molecule has 0 aliphatic rings. The zero-order chi connectivity index (χ0) is 10.7. The zero-order valence-corrected chi connectivity index (χ0v) is 8.95. The quantitative estimate of drug-likeness (QED) is 0.745. The van der Waals surface area contributed by atoms with E-state index in [-0.39, 0.29) is 0 Å². The Morgan fingerprint density at radius 1 is 1.33 bits per heavy atom. The van der Waals surface area contributed by atoms with Crippen molar-refractivity contribution in [3.05, 3.63) is 35.3 Å². The van der Waals surface area contributed by atoms with E-state index in [1.54, 1.807) is 13.3 Å². The van der Waals surface area contributed by atoms with Gasteiger partial charge in [0.2, 0.25) is 0 Å². The van der Waals surface area contributed by atoms with Crippen LogP contribution < -0.4 is 4.74 Å². The number of carbonyl (C=O) groups excluding carboxylic acids is 1. The average molecular weight is 219 g/mol. The summed E-state index contributed by atoms with van der Waals surface area (Å²) in [6.45, 7) is 0. The molecule has 2 aromatic rings. The van der Waals surface area contributed by atoms with Crippen molar-refractivity contribution in [2.24, 2.45) is 0 Å². The van der Waals surface area contributed by atoms with Crippen molar-refractivity contribution in [3.8, 4) is 16.3 Å². The molecule has 0 aliphatic heterocycles. The smallest absolute Gasteiger partial charge is 0.161 e. The average Bonchev–Trinajstić information content (AvgIpc) is 2.78. The number of ether oxygens (including phenoxy) is 1. The summed E-state index contributed by atoms with van der Waals surface area (Å²) in [5.74, 6) is 0.811. The molecule has 0 unspecified atom stereocenters. The molecule has 0 radical (unpaired) electrons. The third kappa shape index (κ3) is 2.05. The monoisotopic (exact) mass is 219 g/mol. The molecular formula is C11H9NO2S. The van der Waals surface area contributed by atoms with Crippen molar-refractivity contribution in [3.63, 3.8) is 0 Å². The van der Waals surface area contributed by atoms with E-state index in [2.05, 4.69) is 4.98 Å². The molecule has 1 aromatic carbocycles. The standard InChI is InChI=1S/C11H9NO2S/c1-14-9-4-2-8(3-5-9)11-12-6-10(7-13)15-11/h2-7H,1H3. The Morgan fingerprint density at radius 3 is 2.60 bits per heavy atom. The van der Waals surface area contributed by atoms with Crippen molar-refractivity contribution >= 4 is 17.6 Å². The summed E-state index contributed by atoms with van der Waals surface area (Å²) in [6.07, 6.45) is 2.39. The van der Waals surface area contributed by atoms with Crippen LogP contribution in [-0.2, 0) is 0 Å². The second kappa shape index (κ2) is 4.23. The maximum absolute atomic E-state index is 10.5. The lowest BCUT2D eigenvalue weighted by Gasteiger charge is -1.99. The van der Waals surface area contributed by atoms with Crippen LogP contribution in [0.25, 0.3) is 10.6 Å². The molecule has 0 fully saturated rings. The number of rotatable bonds is 3. The van der Waals surface area contributed by atoms with Crippen molar-refractivity contribution in [2.75, 3.05) is 7.11 Å². The summed E-state index contributed by atoms with van der Waals surface area (Å²) in [7, 11) is 1.63. The van der Waals surface area contributed by atoms with Gasteiger partial charge in [-0.05, 0) is 24.3 Å². The van der Waals surface area contributed by atoms with Gasteiger partial charge in [0.15, 0.2) is 6.29 Å². The predicted molar refractivity (Wildman–Crippen MR) is 59.5 cm³/mol. The number of thiazole rings is 1. The van der Waals surface area contributed by atoms with Gasteiger partial charge >= 0.3 is 0 Å². The Balaban J connectivity index is 2.32. The van der Waals surface area contributed by atoms with Gasteiger partial charge in [-0.1, -0.05) is 0 Å². The molecule has 0 aliphatic carbocycles. The second-order valence-corrected chi connectivity index (χ2v) is 3.98. The fourth-order valence-electron chi connectivity index (χ4n) is 1.21. The van der Waals surface area contributed by atoms with E-state index in [9.17, 15) is 4.79 Å². The molecule has 0 saturated heterocycles. The highest BCUT2D eigenvalue weighted by atomic mass is 32.1. The highest BCUT2D eigenvalue weighted by Gasteiger charge is 2.03. The Labute approximate surface area is 91.4 Å². The molecule has 0 saturated carbocycles. The molecular weight excluding hydrogens is 210 g/mol. The summed E-state index contributed by atoms with van der Waals surface area (Å²) in [5.41, 5.74) is 0.994. The third-order valence-corrected chi connectivity index (χ3v) is 2.95. The van der Waals surface area contributed by atoms with E-state index in [1.807, 2.05) is 24.3 Å². The number of nitrogens with zero attached hydrogens (tertiary/aromatic N) is 1. The summed E-state index contributed by atoms with van der Waals surface area (Å²) in [4.78, 5) is 15.3. The highest BCUT2D eigenvalue weighted by molar-refractivity contribution is 7.16. The van der Waals surface area contributed by atoms with E-state index >= 15 is 0 Å². The van der Waals surface area contributed by atoms with E-state index in [0.717, 1.165) is 22.6 Å². The summed E-state index contributed by atoms with van der Waals surface area (Å²) < 4.78 is 5.06. The molecule has 15 heavy (non-hydrogen) atoms. The van der Waals surface area contributed by atoms with E-state index in [0.29, 0.717) is 4.88 Å². The molecule has 0 atom stereocenters. The number of aldehydes is 1. The first kappa shape index (κ1) is 9.86. The van der Waals surface area contributed by atoms with Crippen LogP contribution in [0.5, 0.6) is 5.75 Å². The second-order valence-electron chi connectivity index (χ2n) is 2.91. The van der Waals surface area contributed by atoms with Crippen LogP contribution in [0.3, 0.4) is 0 Å². The molecule has 1 aromatic heterocycles. The molecule has 3 nitrogen and oxygen atoms in total. The zero-order valence-electron chi connectivity index (χ0n) is 8.14. The van der Waals surface area contributed by atoms with Crippen molar-refractivity contribution < 1.29 is 9.53 Å². The Hall–Kier alpha value is -1.68. The highest BCUT2D eigenvalue weighted by Crippen LogP contribution is 2.25. The van der Waals surface area contributed by atoms with Gasteiger partial charge in [0, 0.05) is 11.8 Å². The number of benzene rings is 1. The first-order valence-electron chi connectivity index (χ1n) is 4.39. The van der Waals surface area contributed by atoms with Crippen LogP contribution in [0.1, 0.15) is 9.67 Å². The van der Waals surface area contributed by atoms with Gasteiger partial charge in [0.25, 0.3) is 0 Å². The molecule has 0 amide bonds. The number of methoxy groups -OCH3 is 1. The lowest BCUT2D eigenvalue weighted by atomic mass is 10.2. The summed E-state index contributed by atoms with van der Waals surface area (Å²) in [5, 5.41) is 0.847. The fraction of sp³-hybridized carbons (Fsp3) is 0.0909. The van der Waals surface area contributed by atoms with Gasteiger partial charge in [0.1, 0.15) is 10.8 Å². The predicted octanol–water partition coefficient (Wildman–Crippen LogP) is 2.63. The number of hydrogen-bond donors (Lipinski definition) is 0. The number of carbonyl (C=O) groups is 1. The van der Waals surface area contributed by atoms with Gasteiger partial charge in [-0.2, -0.15) is 0 Å². The fourth-order valence-corrected chi connectivity index (χ4v) is 1.94. The van der Waals surface area contributed by atoms with Crippen molar-refractivity contribution in [1.82, 2.24) is 4.98 Å². The number of hydrogen-bond acceptors (Lipinski definition) is 4. The van der Waals surface area contributed by atoms with Crippen LogP contribution in [0, 0.1) is 0 Å². The third-order valence-electron chi connectivity index (χ3n) is 1.98. The van der Waals surface area contributed by atoms with E-state index in [4.69, 9.17) is 4.74 Å². The maximum atomic E-state index is 10.5. The van der Waals surface area contributed by atoms with E-state index < -0.39 is 0 Å². The minimum absolute atomic E-state index is 0.640. The topological polar surface area (TPSA) is 39.2 Å². The van der Waals surface area contributed by atoms with Gasteiger partial charge in [-0.15, -0.1) is 11.3 Å². The minimum atomic E-state index is 0.640. The van der Waals surface area contributed by atoms with Crippen molar-refractivity contribution in [2.45, 2.75) is 0 Å². The van der Waals surface area contributed by atoms with Gasteiger partial charge in [-0.25, -0.2) is 4.98 Å². The summed E-state index contributed by atoms with van der Waals surface area (Å²) >= 11 is 1.38. The van der Waals surface area contributed by atoms with E-state index in [1.165, 1.54) is 11.3 Å². The lowest BCUT2D eigenvalue weighted by molar-refractivity contribution is 0.112. The molecule has 0 bridgehead atoms. The van der Waals surface area contributed by atoms with Crippen molar-refractivity contribution in [1.29, 1.82) is 0 Å². The Bertz CT molecular complexity index is 462. The Kier molecular flexibility index (Phi) is 2.78. The Morgan fingerprint density at radius 2 is 2.07 bits per heavy atom. The van der Waals surface area contributed by atoms with Crippen LogP contribution >= 0.6 is 11.3 Å². The summed E-state index contributed by atoms with van der Waals surface area (Å²) in [6, 6.07) is 7.59. The van der Waals surface area contributed by atoms with Gasteiger partial charge < -0.3 is 4.74 Å². The van der Waals surface area contributed by atoms with Crippen LogP contribution in [0.4, 0.5) is 0 Å². The molecule has 4 heteroatoms. The molecule has 0 N–H and O–H groups in total. The van der Waals surface area contributed by atoms with Gasteiger partial charge in [-0.3, -0.25) is 4.79 Å². The first-order chi connectivity index (χ1) is 7.33. The lowest BCUT2D eigenvalue weighted by Crippen LogP contribution is -1.81. The first-order valence-corrected chi connectivity index (χ1v) is 5.20. The van der Waals surface area contributed by atoms with Crippen LogP contribution in [0.15, 0.2) is 30.5 Å². The number of aromatic nitrogens is 1. The molecule has 2 rings (SSSR count). The van der Waals surface area contributed by atoms with Crippen LogP contribution in [-0.4, -0.2) is 18.4 Å². The molecule has 76 valence electrons. The van der Waals surface area contributed by atoms with Gasteiger partial charge in [0.05, 0.1) is 12.0 Å². The minimum Gasteiger partial charge on any atom is -0.497 e. The SMILES string of the molecule is COc1ccc(-c2ncc(C=O)s2)cc1. The molecule has 1 heterocycles. The molecule has 0 spiro atoms. The maximum Gasteiger partial charge on any atom is 0.161 e. The normalized spacial score (nSPS) is 9.93. The van der Waals surface area contributed by atoms with Crippen LogP contribution in [0.2, 0.25) is 0 Å². The largest absolute Gasteiger partial charge is 0.497 e.